The lowest BCUT2D eigenvalue weighted by Gasteiger charge is -2.54. The van der Waals surface area contributed by atoms with Gasteiger partial charge in [0.05, 0.1) is 28.2 Å². The topological polar surface area (TPSA) is 6.48 Å². The van der Waals surface area contributed by atoms with E-state index in [-0.39, 0.29) is 21.7 Å². The third-order valence-corrected chi connectivity index (χ3v) is 14.4. The molecule has 0 saturated carbocycles. The molecule has 2 aliphatic rings. The van der Waals surface area contributed by atoms with E-state index in [2.05, 4.69) is 275 Å². The Morgan fingerprint density at radius 3 is 0.901 bits per heavy atom. The summed E-state index contributed by atoms with van der Waals surface area (Å²) in [5.74, 6) is 0. The van der Waals surface area contributed by atoms with E-state index >= 15 is 0 Å². The number of fused-ring (bicyclic) bond motifs is 8. The van der Waals surface area contributed by atoms with Crippen LogP contribution >= 0.6 is 0 Å². The molecule has 0 atom stereocenters. The first-order valence-electron chi connectivity index (χ1n) is 26.3. The first-order chi connectivity index (χ1) is 33.8. The molecule has 0 aliphatic carbocycles. The number of rotatable bonds is 4. The van der Waals surface area contributed by atoms with Gasteiger partial charge >= 0.3 is 0 Å². The van der Waals surface area contributed by atoms with Crippen molar-refractivity contribution in [3.05, 3.63) is 226 Å². The zero-order valence-corrected chi connectivity index (χ0v) is 45.7. The maximum atomic E-state index is 2.59. The summed E-state index contributed by atoms with van der Waals surface area (Å²) in [6.07, 6.45) is 0. The number of hydrogen-bond acceptors (Lipinski definition) is 2. The molecule has 8 aromatic carbocycles. The SMILES string of the molecule is CC.CC.CC(C)(C)c1cc2c(c(C(C)(C)C)c1)C1(c3ccccc3N2c2ccc(-c3ccccc3)cc2)c2ccccc2N(c2ccc(-c3ccccc3)cc2)c2cc(C(C)(C)C)cc(C(C)(C)C)c21. The lowest BCUT2D eigenvalue weighted by atomic mass is 9.55. The minimum atomic E-state index is -0.711. The van der Waals surface area contributed by atoms with Crippen molar-refractivity contribution in [2.24, 2.45) is 0 Å². The van der Waals surface area contributed by atoms with Gasteiger partial charge in [-0.25, -0.2) is 0 Å². The van der Waals surface area contributed by atoms with E-state index in [0.717, 1.165) is 11.4 Å². The Morgan fingerprint density at radius 2 is 0.592 bits per heavy atom. The summed E-state index contributed by atoms with van der Waals surface area (Å²) in [6, 6.07) is 68.9. The summed E-state index contributed by atoms with van der Waals surface area (Å²) in [5, 5.41) is 0. The molecule has 2 heteroatoms. The van der Waals surface area contributed by atoms with Gasteiger partial charge in [0.15, 0.2) is 0 Å². The molecule has 0 fully saturated rings. The van der Waals surface area contributed by atoms with E-state index in [0.29, 0.717) is 0 Å². The van der Waals surface area contributed by atoms with Gasteiger partial charge in [0.2, 0.25) is 0 Å². The Hall–Kier alpha value is -6.64. The van der Waals surface area contributed by atoms with Crippen LogP contribution in [0.3, 0.4) is 0 Å². The van der Waals surface area contributed by atoms with Crippen molar-refractivity contribution in [2.45, 2.75) is 138 Å². The smallest absolute Gasteiger partial charge is 0.0788 e. The Bertz CT molecular complexity index is 2910. The zero-order valence-electron chi connectivity index (χ0n) is 45.7. The first kappa shape index (κ1) is 50.7. The number of nitrogens with zero attached hydrogens (tertiary/aromatic N) is 2. The minimum absolute atomic E-state index is 0.106. The lowest BCUT2D eigenvalue weighted by Crippen LogP contribution is -2.45. The number of benzene rings is 8. The summed E-state index contributed by atoms with van der Waals surface area (Å²) in [4.78, 5) is 5.18. The van der Waals surface area contributed by atoms with Crippen LogP contribution in [0.15, 0.2) is 182 Å². The van der Waals surface area contributed by atoms with Crippen molar-refractivity contribution in [1.29, 1.82) is 0 Å². The van der Waals surface area contributed by atoms with Gasteiger partial charge in [0.1, 0.15) is 0 Å². The molecule has 364 valence electrons. The van der Waals surface area contributed by atoms with Crippen LogP contribution in [-0.2, 0) is 27.1 Å². The highest BCUT2D eigenvalue weighted by Crippen LogP contribution is 2.67. The molecule has 1 spiro atoms. The fourth-order valence-electron chi connectivity index (χ4n) is 10.9. The van der Waals surface area contributed by atoms with Crippen LogP contribution in [0.2, 0.25) is 0 Å². The van der Waals surface area contributed by atoms with E-state index in [9.17, 15) is 0 Å². The number of anilines is 6. The first-order valence-corrected chi connectivity index (χ1v) is 26.3. The molecule has 0 saturated heterocycles. The molecule has 8 aromatic rings. The van der Waals surface area contributed by atoms with Crippen LogP contribution in [0.1, 0.15) is 155 Å². The standard InChI is InChI=1S/C65H66N2.2C2H6/c1-61(2,3)47-39-53(63(7,8)9)59-57(41-47)66(49-35-31-45(32-36-49)43-23-15-13-16-24-43)55-29-21-19-27-51(55)65(59)52-28-20-22-30-56(52)67(50-37-33-46(34-38-50)44-25-17-14-18-26-44)58-42-48(62(4,5)6)40-54(60(58)65)64(10,11)12;2*1-2/h13-42H,1-12H3;2*1-2H3. The molecule has 2 heterocycles. The van der Waals surface area contributed by atoms with Crippen molar-refractivity contribution in [2.75, 3.05) is 9.80 Å². The maximum absolute atomic E-state index is 2.59. The summed E-state index contributed by atoms with van der Waals surface area (Å²) >= 11 is 0. The van der Waals surface area contributed by atoms with Gasteiger partial charge in [-0.2, -0.15) is 0 Å². The van der Waals surface area contributed by atoms with Crippen molar-refractivity contribution in [1.82, 2.24) is 0 Å². The molecule has 0 N–H and O–H groups in total. The van der Waals surface area contributed by atoms with E-state index in [1.165, 1.54) is 89.5 Å². The number of hydrogen-bond donors (Lipinski definition) is 0. The quantitative estimate of drug-likeness (QED) is 0.173. The van der Waals surface area contributed by atoms with Gasteiger partial charge in [-0.3, -0.25) is 0 Å². The summed E-state index contributed by atoms with van der Waals surface area (Å²) in [5.41, 5.74) is 21.4. The fraction of sp³-hybridized carbons (Fsp3) is 0.304. The van der Waals surface area contributed by atoms with Crippen molar-refractivity contribution in [3.63, 3.8) is 0 Å². The summed E-state index contributed by atoms with van der Waals surface area (Å²) in [6.45, 7) is 36.7. The van der Waals surface area contributed by atoms with Gasteiger partial charge in [-0.15, -0.1) is 0 Å². The molecular weight excluding hydrogens is 857 g/mol. The van der Waals surface area contributed by atoms with Crippen molar-refractivity contribution in [3.8, 4) is 22.3 Å². The Morgan fingerprint density at radius 1 is 0.296 bits per heavy atom. The largest absolute Gasteiger partial charge is 0.310 e. The average molecular weight is 935 g/mol. The molecule has 0 unspecified atom stereocenters. The monoisotopic (exact) mass is 935 g/mol. The summed E-state index contributed by atoms with van der Waals surface area (Å²) < 4.78 is 0. The third-order valence-electron chi connectivity index (χ3n) is 14.4. The Labute approximate surface area is 428 Å². The van der Waals surface area contributed by atoms with Gasteiger partial charge in [-0.1, -0.05) is 244 Å². The molecule has 71 heavy (non-hydrogen) atoms. The molecule has 0 bridgehead atoms. The fourth-order valence-corrected chi connectivity index (χ4v) is 10.9. The van der Waals surface area contributed by atoms with Gasteiger partial charge in [-0.05, 0) is 137 Å². The number of para-hydroxylation sites is 2. The van der Waals surface area contributed by atoms with Gasteiger partial charge in [0.25, 0.3) is 0 Å². The highest BCUT2D eigenvalue weighted by atomic mass is 15.2. The average Bonchev–Trinajstić information content (AvgIpc) is 3.36. The van der Waals surface area contributed by atoms with Crippen LogP contribution < -0.4 is 9.80 Å². The molecule has 2 nitrogen and oxygen atoms in total. The van der Waals surface area contributed by atoms with E-state index in [4.69, 9.17) is 0 Å². The second-order valence-electron chi connectivity index (χ2n) is 23.1. The normalized spacial score (nSPS) is 13.7. The van der Waals surface area contributed by atoms with Crippen LogP contribution in [-0.4, -0.2) is 0 Å². The highest BCUT2D eigenvalue weighted by molar-refractivity contribution is 5.98. The van der Waals surface area contributed by atoms with Crippen molar-refractivity contribution >= 4 is 34.1 Å². The Kier molecular flexibility index (Phi) is 13.7. The molecular formula is C69H78N2. The molecule has 2 aliphatic heterocycles. The second kappa shape index (κ2) is 19.2. The van der Waals surface area contributed by atoms with Crippen LogP contribution in [0.4, 0.5) is 34.1 Å². The van der Waals surface area contributed by atoms with Gasteiger partial charge in [0, 0.05) is 11.4 Å². The lowest BCUT2D eigenvalue weighted by molar-refractivity contribution is 0.536. The predicted octanol–water partition coefficient (Wildman–Crippen LogP) is 20.2. The zero-order chi connectivity index (χ0) is 51.3. The van der Waals surface area contributed by atoms with E-state index in [1.54, 1.807) is 0 Å². The van der Waals surface area contributed by atoms with Crippen LogP contribution in [0.25, 0.3) is 22.3 Å². The highest BCUT2D eigenvalue weighted by Gasteiger charge is 2.56. The summed E-state index contributed by atoms with van der Waals surface area (Å²) in [7, 11) is 0. The second-order valence-corrected chi connectivity index (χ2v) is 23.1. The van der Waals surface area contributed by atoms with Crippen LogP contribution in [0, 0.1) is 0 Å². The molecule has 0 amide bonds. The maximum Gasteiger partial charge on any atom is 0.0788 e. The van der Waals surface area contributed by atoms with E-state index < -0.39 is 5.41 Å². The van der Waals surface area contributed by atoms with Gasteiger partial charge < -0.3 is 9.80 Å². The van der Waals surface area contributed by atoms with Crippen LogP contribution in [0.5, 0.6) is 0 Å². The molecule has 0 aromatic heterocycles. The van der Waals surface area contributed by atoms with Crippen molar-refractivity contribution < 1.29 is 0 Å². The molecule has 10 rings (SSSR count). The minimum Gasteiger partial charge on any atom is -0.310 e. The third kappa shape index (κ3) is 8.94. The predicted molar refractivity (Wildman–Crippen MR) is 310 cm³/mol. The molecule has 0 radical (unpaired) electrons. The Balaban J connectivity index is 0.00000165. The van der Waals surface area contributed by atoms with E-state index in [1.807, 2.05) is 27.7 Å².